The van der Waals surface area contributed by atoms with Crippen molar-refractivity contribution in [2.75, 3.05) is 0 Å². The van der Waals surface area contributed by atoms with Gasteiger partial charge >= 0.3 is 5.97 Å². The highest BCUT2D eigenvalue weighted by atomic mass is 79.9. The summed E-state index contributed by atoms with van der Waals surface area (Å²) < 4.78 is 5.52. The first-order valence-electron chi connectivity index (χ1n) is 11.0. The van der Waals surface area contributed by atoms with Gasteiger partial charge in [-0.15, -0.1) is 0 Å². The first-order chi connectivity index (χ1) is 13.1. The lowest BCUT2D eigenvalue weighted by Crippen LogP contribution is -2.62. The van der Waals surface area contributed by atoms with Crippen LogP contribution in [0.25, 0.3) is 0 Å². The van der Waals surface area contributed by atoms with Crippen molar-refractivity contribution in [2.24, 2.45) is 40.4 Å². The fraction of sp³-hybridized carbons (Fsp3) is 0.870. The Morgan fingerprint density at radius 3 is 2.43 bits per heavy atom. The average Bonchev–Trinajstić information content (AvgIpc) is 2.97. The Morgan fingerprint density at radius 2 is 1.79 bits per heavy atom. The molecule has 0 amide bonds. The highest BCUT2D eigenvalue weighted by Crippen LogP contribution is 2.67. The fourth-order valence-corrected chi connectivity index (χ4v) is 8.91. The number of carbonyl (C=O) groups is 3. The summed E-state index contributed by atoms with van der Waals surface area (Å²) in [6.45, 7) is 7.69. The molecule has 156 valence electrons. The Balaban J connectivity index is 1.64. The van der Waals surface area contributed by atoms with Gasteiger partial charge < -0.3 is 4.74 Å². The second-order valence-corrected chi connectivity index (χ2v) is 11.3. The third-order valence-corrected chi connectivity index (χ3v) is 10.7. The van der Waals surface area contributed by atoms with Crippen LogP contribution in [0.4, 0.5) is 0 Å². The third-order valence-electron chi connectivity index (χ3n) is 9.23. The number of hydrogen-bond acceptors (Lipinski definition) is 4. The minimum atomic E-state index is -0.248. The zero-order valence-corrected chi connectivity index (χ0v) is 19.1. The van der Waals surface area contributed by atoms with E-state index in [-0.39, 0.29) is 45.3 Å². The highest BCUT2D eigenvalue weighted by molar-refractivity contribution is 9.10. The van der Waals surface area contributed by atoms with Gasteiger partial charge in [-0.25, -0.2) is 0 Å². The largest absolute Gasteiger partial charge is 0.463 e. The van der Waals surface area contributed by atoms with Crippen molar-refractivity contribution in [2.45, 2.75) is 83.6 Å². The van der Waals surface area contributed by atoms with E-state index in [1.165, 1.54) is 6.92 Å². The van der Waals surface area contributed by atoms with Crippen LogP contribution in [0.15, 0.2) is 0 Å². The van der Waals surface area contributed by atoms with Crippen LogP contribution in [0.2, 0.25) is 0 Å². The molecule has 9 atom stereocenters. The molecule has 0 bridgehead atoms. The molecule has 0 aromatic carbocycles. The highest BCUT2D eigenvalue weighted by Gasteiger charge is 2.67. The van der Waals surface area contributed by atoms with Gasteiger partial charge in [-0.1, -0.05) is 29.8 Å². The number of ketones is 2. The molecule has 28 heavy (non-hydrogen) atoms. The van der Waals surface area contributed by atoms with Gasteiger partial charge in [-0.05, 0) is 80.5 Å². The summed E-state index contributed by atoms with van der Waals surface area (Å²) in [5.41, 5.74) is -0.263. The number of Topliss-reactive ketones (excluding diaryl/α,β-unsaturated/α-hetero) is 2. The fourth-order valence-electron chi connectivity index (χ4n) is 7.97. The van der Waals surface area contributed by atoms with Crippen molar-refractivity contribution >= 4 is 33.5 Å². The van der Waals surface area contributed by atoms with Crippen LogP contribution in [0.5, 0.6) is 0 Å². The lowest BCUT2D eigenvalue weighted by molar-refractivity contribution is -0.168. The monoisotopic (exact) mass is 452 g/mol. The number of ether oxygens (including phenoxy) is 1. The number of hydrogen-bond donors (Lipinski definition) is 0. The van der Waals surface area contributed by atoms with Crippen LogP contribution in [0, 0.1) is 40.4 Å². The minimum Gasteiger partial charge on any atom is -0.463 e. The molecule has 4 rings (SSSR count). The zero-order valence-electron chi connectivity index (χ0n) is 17.5. The predicted octanol–water partition coefficient (Wildman–Crippen LogP) is 4.72. The summed E-state index contributed by atoms with van der Waals surface area (Å²) in [7, 11) is 0. The molecular formula is C23H33BrO4. The molecule has 0 spiro atoms. The van der Waals surface area contributed by atoms with Crippen LogP contribution < -0.4 is 0 Å². The van der Waals surface area contributed by atoms with Gasteiger partial charge in [-0.3, -0.25) is 14.4 Å². The van der Waals surface area contributed by atoms with Crippen molar-refractivity contribution in [1.82, 2.24) is 0 Å². The van der Waals surface area contributed by atoms with E-state index >= 15 is 0 Å². The van der Waals surface area contributed by atoms with Gasteiger partial charge in [0.25, 0.3) is 0 Å². The molecule has 4 aliphatic carbocycles. The zero-order chi connectivity index (χ0) is 20.4. The Morgan fingerprint density at radius 1 is 1.07 bits per heavy atom. The summed E-state index contributed by atoms with van der Waals surface area (Å²) in [6, 6.07) is 0. The molecule has 0 aromatic heterocycles. The third kappa shape index (κ3) is 2.78. The molecule has 4 saturated carbocycles. The maximum atomic E-state index is 13.8. The first kappa shape index (κ1) is 20.6. The van der Waals surface area contributed by atoms with E-state index in [1.54, 1.807) is 6.92 Å². The van der Waals surface area contributed by atoms with Gasteiger partial charge in [0.15, 0.2) is 5.78 Å². The molecule has 4 aliphatic rings. The molecule has 5 heteroatoms. The molecule has 0 saturated heterocycles. The van der Waals surface area contributed by atoms with Crippen LogP contribution >= 0.6 is 15.9 Å². The number of alkyl halides is 1. The van der Waals surface area contributed by atoms with Crippen LogP contribution in [-0.4, -0.2) is 28.5 Å². The van der Waals surface area contributed by atoms with Gasteiger partial charge in [0.05, 0.1) is 4.83 Å². The Kier molecular flexibility index (Phi) is 5.08. The van der Waals surface area contributed by atoms with Gasteiger partial charge in [0, 0.05) is 18.8 Å². The first-order valence-corrected chi connectivity index (χ1v) is 11.9. The topological polar surface area (TPSA) is 60.4 Å². The SMILES string of the molecule is CC(=O)OC1CCC2(C)C(CCC3C2C(=O)C(Br)C2(C)C(C(C)=O)CCC32)C1. The quantitative estimate of drug-likeness (QED) is 0.449. The predicted molar refractivity (Wildman–Crippen MR) is 110 cm³/mol. The van der Waals surface area contributed by atoms with E-state index in [0.29, 0.717) is 23.5 Å². The van der Waals surface area contributed by atoms with E-state index in [9.17, 15) is 14.4 Å². The van der Waals surface area contributed by atoms with Crippen LogP contribution in [-0.2, 0) is 19.1 Å². The van der Waals surface area contributed by atoms with Crippen molar-refractivity contribution in [3.05, 3.63) is 0 Å². The Bertz CT molecular complexity index is 705. The number of rotatable bonds is 2. The van der Waals surface area contributed by atoms with E-state index in [2.05, 4.69) is 29.8 Å². The number of carbonyl (C=O) groups excluding carboxylic acids is 3. The van der Waals surface area contributed by atoms with E-state index in [4.69, 9.17) is 4.74 Å². The molecule has 0 N–H and O–H groups in total. The van der Waals surface area contributed by atoms with Crippen molar-refractivity contribution in [3.63, 3.8) is 0 Å². The normalized spacial score (nSPS) is 50.3. The molecular weight excluding hydrogens is 420 g/mol. The maximum Gasteiger partial charge on any atom is 0.302 e. The number of esters is 1. The van der Waals surface area contributed by atoms with Crippen LogP contribution in [0.1, 0.15) is 72.6 Å². The maximum absolute atomic E-state index is 13.8. The molecule has 0 heterocycles. The van der Waals surface area contributed by atoms with E-state index in [1.807, 2.05) is 0 Å². The second kappa shape index (κ2) is 6.92. The van der Waals surface area contributed by atoms with E-state index in [0.717, 1.165) is 44.9 Å². The van der Waals surface area contributed by atoms with Crippen molar-refractivity contribution < 1.29 is 19.1 Å². The van der Waals surface area contributed by atoms with Gasteiger partial charge in [-0.2, -0.15) is 0 Å². The summed E-state index contributed by atoms with van der Waals surface area (Å²) in [6.07, 6.45) is 6.84. The molecule has 0 aliphatic heterocycles. The summed E-state index contributed by atoms with van der Waals surface area (Å²) in [4.78, 5) is 37.3. The smallest absolute Gasteiger partial charge is 0.302 e. The van der Waals surface area contributed by atoms with Crippen molar-refractivity contribution in [1.29, 1.82) is 0 Å². The lowest BCUT2D eigenvalue weighted by atomic mass is 9.44. The Hall–Kier alpha value is -0.710. The lowest BCUT2D eigenvalue weighted by Gasteiger charge is -2.61. The van der Waals surface area contributed by atoms with Gasteiger partial charge in [0.1, 0.15) is 11.9 Å². The molecule has 9 unspecified atom stereocenters. The Labute approximate surface area is 176 Å². The molecule has 4 fully saturated rings. The summed E-state index contributed by atoms with van der Waals surface area (Å²) in [5.74, 6) is 1.70. The van der Waals surface area contributed by atoms with Gasteiger partial charge in [0.2, 0.25) is 0 Å². The standard InChI is InChI=1S/C23H33BrO4/c1-12(25)17-7-8-18-16-6-5-14-11-15(28-13(2)26)9-10-22(14,3)19(16)20(27)21(24)23(17,18)4/h14-19,21H,5-11H2,1-4H3. The van der Waals surface area contributed by atoms with Crippen LogP contribution in [0.3, 0.4) is 0 Å². The van der Waals surface area contributed by atoms with Crippen molar-refractivity contribution in [3.8, 4) is 0 Å². The number of fused-ring (bicyclic) bond motifs is 5. The summed E-state index contributed by atoms with van der Waals surface area (Å²) in [5, 5.41) is 0. The molecule has 0 radical (unpaired) electrons. The summed E-state index contributed by atoms with van der Waals surface area (Å²) >= 11 is 3.80. The number of halogens is 1. The molecule has 4 nitrogen and oxygen atoms in total. The minimum absolute atomic E-state index is 0.00277. The molecule has 0 aromatic rings. The van der Waals surface area contributed by atoms with E-state index < -0.39 is 0 Å². The average molecular weight is 453 g/mol. The second-order valence-electron chi connectivity index (χ2n) is 10.4.